The Morgan fingerprint density at radius 2 is 2.28 bits per heavy atom. The van der Waals surface area contributed by atoms with Gasteiger partial charge in [-0.2, -0.15) is 0 Å². The minimum Gasteiger partial charge on any atom is -0.335 e. The molecule has 0 fully saturated rings. The third-order valence-corrected chi connectivity index (χ3v) is 3.09. The van der Waals surface area contributed by atoms with Crippen molar-refractivity contribution in [2.24, 2.45) is 0 Å². The molecule has 2 rings (SSSR count). The molecule has 2 heterocycles. The van der Waals surface area contributed by atoms with Crippen LogP contribution in [0.2, 0.25) is 0 Å². The van der Waals surface area contributed by atoms with Gasteiger partial charge in [0.05, 0.1) is 0 Å². The third kappa shape index (κ3) is 2.96. The van der Waals surface area contributed by atoms with Crippen LogP contribution >= 0.6 is 0 Å². The lowest BCUT2D eigenvalue weighted by Crippen LogP contribution is -2.21. The summed E-state index contributed by atoms with van der Waals surface area (Å²) in [5.41, 5.74) is 1.20. The minimum atomic E-state index is 0.261. The fourth-order valence-electron chi connectivity index (χ4n) is 2.13. The number of aryl methyl sites for hydroxylation is 1. The van der Waals surface area contributed by atoms with Gasteiger partial charge in [0, 0.05) is 43.8 Å². The Bertz CT molecular complexity index is 464. The highest BCUT2D eigenvalue weighted by molar-refractivity contribution is 5.15. The summed E-state index contributed by atoms with van der Waals surface area (Å²) in [5, 5.41) is 3.33. The summed E-state index contributed by atoms with van der Waals surface area (Å²) in [4.78, 5) is 8.62. The van der Waals surface area contributed by atoms with Gasteiger partial charge < -0.3 is 9.88 Å². The molecule has 0 aliphatic carbocycles. The molecule has 96 valence electrons. The van der Waals surface area contributed by atoms with E-state index >= 15 is 0 Å². The van der Waals surface area contributed by atoms with Gasteiger partial charge in [-0.15, -0.1) is 0 Å². The maximum Gasteiger partial charge on any atom is 0.110 e. The van der Waals surface area contributed by atoms with Crippen LogP contribution in [-0.4, -0.2) is 21.6 Å². The van der Waals surface area contributed by atoms with E-state index in [9.17, 15) is 0 Å². The van der Waals surface area contributed by atoms with Crippen LogP contribution in [0.5, 0.6) is 0 Å². The molecular weight excluding hydrogens is 224 g/mol. The average Bonchev–Trinajstić information content (AvgIpc) is 2.85. The molecule has 0 saturated carbocycles. The first-order valence-corrected chi connectivity index (χ1v) is 6.42. The summed E-state index contributed by atoms with van der Waals surface area (Å²) in [5.74, 6) is 1.13. The maximum atomic E-state index is 4.45. The quantitative estimate of drug-likeness (QED) is 0.847. The molecule has 0 amide bonds. The molecule has 4 heteroatoms. The molecule has 0 radical (unpaired) electrons. The Morgan fingerprint density at radius 1 is 1.39 bits per heavy atom. The van der Waals surface area contributed by atoms with Crippen molar-refractivity contribution in [3.05, 3.63) is 48.3 Å². The van der Waals surface area contributed by atoms with Crippen molar-refractivity contribution in [1.82, 2.24) is 19.9 Å². The van der Waals surface area contributed by atoms with Crippen LogP contribution in [-0.2, 0) is 13.0 Å². The molecule has 1 N–H and O–H groups in total. The number of rotatable bonds is 6. The van der Waals surface area contributed by atoms with Crippen LogP contribution in [0.1, 0.15) is 30.8 Å². The Kier molecular flexibility index (Phi) is 4.47. The van der Waals surface area contributed by atoms with Gasteiger partial charge in [0.2, 0.25) is 0 Å². The first-order chi connectivity index (χ1) is 8.85. The van der Waals surface area contributed by atoms with Crippen molar-refractivity contribution >= 4 is 0 Å². The molecule has 1 atom stereocenters. The van der Waals surface area contributed by atoms with Crippen molar-refractivity contribution in [1.29, 1.82) is 0 Å². The van der Waals surface area contributed by atoms with Gasteiger partial charge in [-0.1, -0.05) is 13.0 Å². The van der Waals surface area contributed by atoms with Crippen molar-refractivity contribution in [3.63, 3.8) is 0 Å². The Balaban J connectivity index is 2.13. The Hall–Kier alpha value is -1.68. The van der Waals surface area contributed by atoms with E-state index in [2.05, 4.69) is 39.0 Å². The van der Waals surface area contributed by atoms with E-state index < -0.39 is 0 Å². The molecule has 1 unspecified atom stereocenters. The summed E-state index contributed by atoms with van der Waals surface area (Å²) in [6.45, 7) is 3.21. The monoisotopic (exact) mass is 244 g/mol. The number of hydrogen-bond acceptors (Lipinski definition) is 3. The van der Waals surface area contributed by atoms with E-state index in [1.807, 2.05) is 25.5 Å². The standard InChI is InChI=1S/C14H20N4/c1-3-8-18-9-7-17-14(18)10-13(15-2)12-5-4-6-16-11-12/h4-7,9,11,13,15H,3,8,10H2,1-2H3. The third-order valence-electron chi connectivity index (χ3n) is 3.09. The molecular formula is C14H20N4. The van der Waals surface area contributed by atoms with Crippen LogP contribution < -0.4 is 5.32 Å². The second-order valence-electron chi connectivity index (χ2n) is 4.37. The summed E-state index contributed by atoms with van der Waals surface area (Å²) in [6, 6.07) is 4.33. The van der Waals surface area contributed by atoms with Crippen molar-refractivity contribution in [2.75, 3.05) is 7.05 Å². The fourth-order valence-corrected chi connectivity index (χ4v) is 2.13. The van der Waals surface area contributed by atoms with Crippen molar-refractivity contribution in [2.45, 2.75) is 32.4 Å². The number of aromatic nitrogens is 3. The van der Waals surface area contributed by atoms with Gasteiger partial charge in [-0.05, 0) is 25.1 Å². The maximum absolute atomic E-state index is 4.45. The molecule has 18 heavy (non-hydrogen) atoms. The predicted molar refractivity (Wildman–Crippen MR) is 72.3 cm³/mol. The normalized spacial score (nSPS) is 12.6. The first kappa shape index (κ1) is 12.8. The van der Waals surface area contributed by atoms with E-state index in [1.54, 1.807) is 6.20 Å². The highest BCUT2D eigenvalue weighted by Crippen LogP contribution is 2.16. The van der Waals surface area contributed by atoms with Crippen molar-refractivity contribution < 1.29 is 0 Å². The van der Waals surface area contributed by atoms with Crippen LogP contribution in [0.3, 0.4) is 0 Å². The molecule has 0 bridgehead atoms. The van der Waals surface area contributed by atoms with E-state index in [0.29, 0.717) is 0 Å². The van der Waals surface area contributed by atoms with Crippen LogP contribution in [0, 0.1) is 0 Å². The largest absolute Gasteiger partial charge is 0.335 e. The predicted octanol–water partition coefficient (Wildman–Crippen LogP) is 2.19. The summed E-state index contributed by atoms with van der Waals surface area (Å²) in [6.07, 6.45) is 9.65. The van der Waals surface area contributed by atoms with Gasteiger partial charge in [0.25, 0.3) is 0 Å². The molecule has 0 aromatic carbocycles. The zero-order valence-corrected chi connectivity index (χ0v) is 11.0. The van der Waals surface area contributed by atoms with Gasteiger partial charge in [-0.3, -0.25) is 4.98 Å². The molecule has 4 nitrogen and oxygen atoms in total. The zero-order chi connectivity index (χ0) is 12.8. The topological polar surface area (TPSA) is 42.7 Å². The summed E-state index contributed by atoms with van der Waals surface area (Å²) < 4.78 is 2.22. The molecule has 0 aliphatic heterocycles. The summed E-state index contributed by atoms with van der Waals surface area (Å²) >= 11 is 0. The molecule has 0 saturated heterocycles. The lowest BCUT2D eigenvalue weighted by atomic mass is 10.1. The minimum absolute atomic E-state index is 0.261. The zero-order valence-electron chi connectivity index (χ0n) is 11.0. The second-order valence-corrected chi connectivity index (χ2v) is 4.37. The van der Waals surface area contributed by atoms with Crippen LogP contribution in [0.15, 0.2) is 36.9 Å². The second kappa shape index (κ2) is 6.31. The molecule has 2 aromatic rings. The van der Waals surface area contributed by atoms with Gasteiger partial charge in [-0.25, -0.2) is 4.98 Å². The van der Waals surface area contributed by atoms with Crippen LogP contribution in [0.25, 0.3) is 0 Å². The van der Waals surface area contributed by atoms with E-state index in [0.717, 1.165) is 25.2 Å². The van der Waals surface area contributed by atoms with E-state index in [1.165, 1.54) is 5.56 Å². The smallest absolute Gasteiger partial charge is 0.110 e. The number of likely N-dealkylation sites (N-methyl/N-ethyl adjacent to an activating group) is 1. The lowest BCUT2D eigenvalue weighted by Gasteiger charge is -2.16. The molecule has 0 spiro atoms. The highest BCUT2D eigenvalue weighted by atomic mass is 15.1. The molecule has 2 aromatic heterocycles. The lowest BCUT2D eigenvalue weighted by molar-refractivity contribution is 0.542. The molecule has 0 aliphatic rings. The average molecular weight is 244 g/mol. The Labute approximate surface area is 108 Å². The summed E-state index contributed by atoms with van der Waals surface area (Å²) in [7, 11) is 1.98. The number of pyridine rings is 1. The number of imidazole rings is 1. The fraction of sp³-hybridized carbons (Fsp3) is 0.429. The van der Waals surface area contributed by atoms with Crippen LogP contribution in [0.4, 0.5) is 0 Å². The van der Waals surface area contributed by atoms with Gasteiger partial charge in [0.1, 0.15) is 5.82 Å². The number of nitrogens with one attached hydrogen (secondary N) is 1. The van der Waals surface area contributed by atoms with Gasteiger partial charge in [0.15, 0.2) is 0 Å². The van der Waals surface area contributed by atoms with Crippen molar-refractivity contribution in [3.8, 4) is 0 Å². The Morgan fingerprint density at radius 3 is 2.94 bits per heavy atom. The van der Waals surface area contributed by atoms with Gasteiger partial charge >= 0.3 is 0 Å². The highest BCUT2D eigenvalue weighted by Gasteiger charge is 2.13. The van der Waals surface area contributed by atoms with E-state index in [4.69, 9.17) is 0 Å². The number of hydrogen-bond donors (Lipinski definition) is 1. The number of nitrogens with zero attached hydrogens (tertiary/aromatic N) is 3. The SMILES string of the molecule is CCCn1ccnc1CC(NC)c1cccnc1. The van der Waals surface area contributed by atoms with E-state index in [-0.39, 0.29) is 6.04 Å². The first-order valence-electron chi connectivity index (χ1n) is 6.42.